The zero-order chi connectivity index (χ0) is 10.8. The normalized spacial score (nSPS) is 19.0. The van der Waals surface area contributed by atoms with E-state index in [9.17, 15) is 0 Å². The van der Waals surface area contributed by atoms with Gasteiger partial charge in [-0.25, -0.2) is 0 Å². The van der Waals surface area contributed by atoms with Crippen molar-refractivity contribution in [3.8, 4) is 0 Å². The van der Waals surface area contributed by atoms with Crippen molar-refractivity contribution in [2.75, 3.05) is 13.1 Å². The van der Waals surface area contributed by atoms with Crippen LogP contribution in [0.1, 0.15) is 71.1 Å². The summed E-state index contributed by atoms with van der Waals surface area (Å²) in [4.78, 5) is 0. The molecule has 1 saturated carbocycles. The average Bonchev–Trinajstić information content (AvgIpc) is 2.52. The second-order valence-corrected chi connectivity index (χ2v) is 5.12. The third-order valence-corrected chi connectivity index (χ3v) is 3.61. The lowest BCUT2D eigenvalue weighted by Crippen LogP contribution is -2.23. The van der Waals surface area contributed by atoms with Crippen LogP contribution in [-0.2, 0) is 0 Å². The van der Waals surface area contributed by atoms with Crippen LogP contribution in [-0.4, -0.2) is 13.1 Å². The van der Waals surface area contributed by atoms with E-state index in [0.29, 0.717) is 0 Å². The predicted octanol–water partition coefficient (Wildman–Crippen LogP) is 4.13. The molecule has 0 unspecified atom stereocenters. The van der Waals surface area contributed by atoms with Crippen LogP contribution in [0, 0.1) is 5.92 Å². The van der Waals surface area contributed by atoms with E-state index in [4.69, 9.17) is 0 Å². The van der Waals surface area contributed by atoms with Crippen LogP contribution in [0.3, 0.4) is 0 Å². The monoisotopic (exact) mass is 211 g/mol. The van der Waals surface area contributed by atoms with Crippen molar-refractivity contribution in [2.45, 2.75) is 71.1 Å². The highest BCUT2D eigenvalue weighted by Crippen LogP contribution is 2.21. The molecule has 0 aromatic carbocycles. The van der Waals surface area contributed by atoms with Gasteiger partial charge in [-0.2, -0.15) is 0 Å². The molecule has 1 fully saturated rings. The highest BCUT2D eigenvalue weighted by Gasteiger charge is 2.10. The van der Waals surface area contributed by atoms with E-state index in [1.54, 1.807) is 0 Å². The predicted molar refractivity (Wildman–Crippen MR) is 68.2 cm³/mol. The summed E-state index contributed by atoms with van der Waals surface area (Å²) in [5.74, 6) is 0.985. The maximum absolute atomic E-state index is 3.64. The Labute approximate surface area is 96.0 Å². The molecule has 0 bridgehead atoms. The Kier molecular flexibility index (Phi) is 7.99. The fourth-order valence-corrected chi connectivity index (χ4v) is 2.55. The number of nitrogens with one attached hydrogen (secondary N) is 1. The van der Waals surface area contributed by atoms with Gasteiger partial charge in [0.15, 0.2) is 0 Å². The summed E-state index contributed by atoms with van der Waals surface area (Å²) >= 11 is 0. The summed E-state index contributed by atoms with van der Waals surface area (Å²) in [6, 6.07) is 0. The van der Waals surface area contributed by atoms with E-state index >= 15 is 0 Å². The van der Waals surface area contributed by atoms with Gasteiger partial charge in [0, 0.05) is 0 Å². The molecule has 1 aliphatic rings. The van der Waals surface area contributed by atoms with Crippen molar-refractivity contribution >= 4 is 0 Å². The molecule has 0 spiro atoms. The molecule has 90 valence electrons. The van der Waals surface area contributed by atoms with Crippen LogP contribution in [0.2, 0.25) is 0 Å². The lowest BCUT2D eigenvalue weighted by Gasteiger charge is -2.14. The smallest absolute Gasteiger partial charge is 0.00205 e. The van der Waals surface area contributed by atoms with Crippen molar-refractivity contribution in [3.05, 3.63) is 0 Å². The lowest BCUT2D eigenvalue weighted by molar-refractivity contribution is 0.421. The summed E-state index contributed by atoms with van der Waals surface area (Å²) in [6.07, 6.45) is 14.4. The van der Waals surface area contributed by atoms with Crippen LogP contribution < -0.4 is 5.32 Å². The molecule has 1 N–H and O–H groups in total. The van der Waals surface area contributed by atoms with Crippen LogP contribution in [0.5, 0.6) is 0 Å². The van der Waals surface area contributed by atoms with Crippen molar-refractivity contribution in [2.24, 2.45) is 5.92 Å². The van der Waals surface area contributed by atoms with E-state index in [-0.39, 0.29) is 0 Å². The Balaban J connectivity index is 1.89. The zero-order valence-corrected chi connectivity index (χ0v) is 10.6. The molecule has 0 amide bonds. The number of hydrogen-bond acceptors (Lipinski definition) is 1. The molecule has 0 atom stereocenters. The molecule has 0 radical (unpaired) electrons. The summed E-state index contributed by atoms with van der Waals surface area (Å²) in [7, 11) is 0. The first-order valence-electron chi connectivity index (χ1n) is 7.14. The Morgan fingerprint density at radius 1 is 0.933 bits per heavy atom. The van der Waals surface area contributed by atoms with Gasteiger partial charge in [0.05, 0.1) is 0 Å². The minimum Gasteiger partial charge on any atom is -0.316 e. The number of rotatable bonds is 7. The Bertz CT molecular complexity index is 125. The van der Waals surface area contributed by atoms with Crippen LogP contribution in [0.15, 0.2) is 0 Å². The molecule has 0 aliphatic heterocycles. The maximum atomic E-state index is 3.64. The quantitative estimate of drug-likeness (QED) is 0.493. The summed E-state index contributed by atoms with van der Waals surface area (Å²) in [6.45, 7) is 4.81. The maximum Gasteiger partial charge on any atom is -0.00205 e. The SMILES string of the molecule is CCCCCCNCC1CCCCCC1. The van der Waals surface area contributed by atoms with E-state index in [2.05, 4.69) is 12.2 Å². The van der Waals surface area contributed by atoms with Gasteiger partial charge in [0.1, 0.15) is 0 Å². The molecular formula is C14H29N. The van der Waals surface area contributed by atoms with Gasteiger partial charge in [-0.05, 0) is 38.3 Å². The van der Waals surface area contributed by atoms with Gasteiger partial charge in [-0.3, -0.25) is 0 Å². The Morgan fingerprint density at radius 2 is 1.67 bits per heavy atom. The molecular weight excluding hydrogens is 182 g/mol. The molecule has 1 aliphatic carbocycles. The van der Waals surface area contributed by atoms with Crippen molar-refractivity contribution in [1.29, 1.82) is 0 Å². The van der Waals surface area contributed by atoms with Gasteiger partial charge in [0.25, 0.3) is 0 Å². The first-order chi connectivity index (χ1) is 7.43. The Hall–Kier alpha value is -0.0400. The largest absolute Gasteiger partial charge is 0.316 e. The number of unbranched alkanes of at least 4 members (excludes halogenated alkanes) is 3. The molecule has 0 aromatic heterocycles. The van der Waals surface area contributed by atoms with E-state index in [0.717, 1.165) is 5.92 Å². The summed E-state index contributed by atoms with van der Waals surface area (Å²) < 4.78 is 0. The fraction of sp³-hybridized carbons (Fsp3) is 1.00. The van der Waals surface area contributed by atoms with E-state index in [1.807, 2.05) is 0 Å². The molecule has 0 saturated heterocycles. The van der Waals surface area contributed by atoms with Crippen LogP contribution in [0.25, 0.3) is 0 Å². The van der Waals surface area contributed by atoms with E-state index in [1.165, 1.54) is 77.3 Å². The lowest BCUT2D eigenvalue weighted by atomic mass is 10.0. The third-order valence-electron chi connectivity index (χ3n) is 3.61. The van der Waals surface area contributed by atoms with Gasteiger partial charge >= 0.3 is 0 Å². The molecule has 15 heavy (non-hydrogen) atoms. The standard InChI is InChI=1S/C14H29N/c1-2-3-4-9-12-15-13-14-10-7-5-6-8-11-14/h14-15H,2-13H2,1H3. The molecule has 1 nitrogen and oxygen atoms in total. The highest BCUT2D eigenvalue weighted by atomic mass is 14.8. The molecule has 1 rings (SSSR count). The van der Waals surface area contributed by atoms with Gasteiger partial charge in [-0.15, -0.1) is 0 Å². The van der Waals surface area contributed by atoms with Crippen molar-refractivity contribution in [3.63, 3.8) is 0 Å². The first kappa shape index (κ1) is 13.0. The Morgan fingerprint density at radius 3 is 2.33 bits per heavy atom. The minimum absolute atomic E-state index is 0.985. The van der Waals surface area contributed by atoms with Gasteiger partial charge < -0.3 is 5.32 Å². The molecule has 0 aromatic rings. The second-order valence-electron chi connectivity index (χ2n) is 5.12. The number of hydrogen-bond donors (Lipinski definition) is 1. The molecule has 0 heterocycles. The summed E-state index contributed by atoms with van der Waals surface area (Å²) in [5, 5.41) is 3.64. The van der Waals surface area contributed by atoms with Crippen molar-refractivity contribution in [1.82, 2.24) is 5.32 Å². The molecule has 1 heteroatoms. The van der Waals surface area contributed by atoms with E-state index < -0.39 is 0 Å². The third kappa shape index (κ3) is 6.94. The van der Waals surface area contributed by atoms with Crippen LogP contribution >= 0.6 is 0 Å². The van der Waals surface area contributed by atoms with Gasteiger partial charge in [-0.1, -0.05) is 51.9 Å². The first-order valence-corrected chi connectivity index (χ1v) is 7.14. The summed E-state index contributed by atoms with van der Waals surface area (Å²) in [5.41, 5.74) is 0. The minimum atomic E-state index is 0.985. The second kappa shape index (κ2) is 9.21. The fourth-order valence-electron chi connectivity index (χ4n) is 2.55. The highest BCUT2D eigenvalue weighted by molar-refractivity contribution is 4.66. The van der Waals surface area contributed by atoms with Crippen LogP contribution in [0.4, 0.5) is 0 Å². The zero-order valence-electron chi connectivity index (χ0n) is 10.6. The van der Waals surface area contributed by atoms with Gasteiger partial charge in [0.2, 0.25) is 0 Å². The van der Waals surface area contributed by atoms with Crippen molar-refractivity contribution < 1.29 is 0 Å². The average molecular weight is 211 g/mol. The topological polar surface area (TPSA) is 12.0 Å².